The van der Waals surface area contributed by atoms with Gasteiger partial charge in [-0.05, 0) is 114 Å². The molecule has 0 spiro atoms. The Balaban J connectivity index is 1.23. The molecule has 0 fully saturated rings. The van der Waals surface area contributed by atoms with E-state index in [2.05, 4.69) is 156 Å². The number of hydrogen-bond acceptors (Lipinski definition) is 4. The fourth-order valence-electron chi connectivity index (χ4n) is 10.7. The zero-order valence-electron chi connectivity index (χ0n) is 29.0. The minimum absolute atomic E-state index is 0.159. The molecule has 54 heavy (non-hydrogen) atoms. The van der Waals surface area contributed by atoms with Gasteiger partial charge in [0.15, 0.2) is 0 Å². The first-order chi connectivity index (χ1) is 26.8. The second kappa shape index (κ2) is 11.2. The number of thiophene rings is 4. The summed E-state index contributed by atoms with van der Waals surface area (Å²) in [5.41, 5.74) is 20.9. The molecule has 15 rings (SSSR count). The molecule has 254 valence electrons. The van der Waals surface area contributed by atoms with Crippen LogP contribution in [0, 0.1) is 0 Å². The van der Waals surface area contributed by atoms with Crippen LogP contribution >= 0.6 is 45.3 Å². The molecular weight excluding hydrogens is 729 g/mol. The van der Waals surface area contributed by atoms with Crippen molar-refractivity contribution in [2.75, 3.05) is 0 Å². The topological polar surface area (TPSA) is 0 Å². The van der Waals surface area contributed by atoms with Gasteiger partial charge in [0, 0.05) is 64.1 Å². The zero-order valence-corrected chi connectivity index (χ0v) is 32.2. The normalized spacial score (nSPS) is 19.1. The van der Waals surface area contributed by atoms with E-state index < -0.39 is 0 Å². The van der Waals surface area contributed by atoms with Crippen LogP contribution in [-0.4, -0.2) is 0 Å². The predicted molar refractivity (Wildman–Crippen MR) is 229 cm³/mol. The van der Waals surface area contributed by atoms with E-state index in [9.17, 15) is 0 Å². The quantitative estimate of drug-likeness (QED) is 0.168. The first kappa shape index (κ1) is 30.3. The fourth-order valence-corrected chi connectivity index (χ4v) is 14.5. The molecule has 0 amide bonds. The van der Waals surface area contributed by atoms with E-state index in [0.29, 0.717) is 0 Å². The van der Waals surface area contributed by atoms with Crippen LogP contribution in [0.5, 0.6) is 0 Å². The maximum absolute atomic E-state index is 2.45. The van der Waals surface area contributed by atoms with Crippen molar-refractivity contribution in [1.29, 1.82) is 0 Å². The minimum atomic E-state index is 0.159. The molecule has 6 aliphatic carbocycles. The van der Waals surface area contributed by atoms with E-state index >= 15 is 0 Å². The molecule has 0 nitrogen and oxygen atoms in total. The van der Waals surface area contributed by atoms with E-state index in [1.54, 1.807) is 22.3 Å². The van der Waals surface area contributed by atoms with Gasteiger partial charge in [-0.25, -0.2) is 0 Å². The van der Waals surface area contributed by atoms with E-state index in [0.717, 1.165) is 0 Å². The van der Waals surface area contributed by atoms with Crippen LogP contribution in [0.3, 0.4) is 0 Å². The Morgan fingerprint density at radius 1 is 0.259 bits per heavy atom. The van der Waals surface area contributed by atoms with E-state index in [1.807, 2.05) is 45.3 Å². The molecule has 0 saturated heterocycles. The minimum Gasteiger partial charge on any atom is -0.143 e. The zero-order chi connectivity index (χ0) is 35.1. The monoisotopic (exact) mass is 758 g/mol. The summed E-state index contributed by atoms with van der Waals surface area (Å²) in [6, 6.07) is 56.1. The highest BCUT2D eigenvalue weighted by Crippen LogP contribution is 2.68. The van der Waals surface area contributed by atoms with Gasteiger partial charge in [-0.2, -0.15) is 0 Å². The third-order valence-electron chi connectivity index (χ3n) is 12.5. The Labute approximate surface area is 330 Å². The van der Waals surface area contributed by atoms with Crippen LogP contribution in [0.15, 0.2) is 156 Å². The van der Waals surface area contributed by atoms with Crippen molar-refractivity contribution in [1.82, 2.24) is 0 Å². The summed E-state index contributed by atoms with van der Waals surface area (Å²) in [6.07, 6.45) is 0. The summed E-state index contributed by atoms with van der Waals surface area (Å²) in [7, 11) is 0. The van der Waals surface area contributed by atoms with Gasteiger partial charge >= 0.3 is 0 Å². The molecule has 0 unspecified atom stereocenters. The van der Waals surface area contributed by atoms with Crippen LogP contribution in [0.2, 0.25) is 0 Å². The van der Waals surface area contributed by atoms with Gasteiger partial charge in [-0.15, -0.1) is 45.3 Å². The van der Waals surface area contributed by atoms with Gasteiger partial charge in [0.05, 0.1) is 0 Å². The van der Waals surface area contributed by atoms with Crippen LogP contribution in [-0.2, 0) is 0 Å². The molecule has 0 atom stereocenters. The van der Waals surface area contributed by atoms with E-state index in [4.69, 9.17) is 0 Å². The van der Waals surface area contributed by atoms with Crippen molar-refractivity contribution in [2.24, 2.45) is 0 Å². The van der Waals surface area contributed by atoms with Gasteiger partial charge in [0.25, 0.3) is 0 Å². The molecule has 0 N–H and O–H groups in total. The Morgan fingerprint density at radius 2 is 0.537 bits per heavy atom. The highest BCUT2D eigenvalue weighted by molar-refractivity contribution is 7.24. The number of rotatable bonds is 4. The Bertz CT molecular complexity index is 2550. The molecular formula is C50H30S4. The van der Waals surface area contributed by atoms with E-state index in [1.165, 1.54) is 84.9 Å². The SMILES string of the molecule is c1csc(-c2ccc(-c3c4c(c(-c5ccc(-c6cccs6)s5)c5c3C3c6ccccc6C5c5ccccc53)C3c5ccccc5C4c4ccccc43)s2)c1. The van der Waals surface area contributed by atoms with Crippen LogP contribution in [0.4, 0.5) is 0 Å². The van der Waals surface area contributed by atoms with Crippen LogP contribution < -0.4 is 0 Å². The smallest absolute Gasteiger partial charge is 0.0449 e. The molecule has 4 heterocycles. The second-order valence-corrected chi connectivity index (χ2v) is 19.0. The van der Waals surface area contributed by atoms with Crippen LogP contribution in [0.25, 0.3) is 40.4 Å². The van der Waals surface area contributed by atoms with E-state index in [-0.39, 0.29) is 23.7 Å². The molecule has 0 radical (unpaired) electrons. The van der Waals surface area contributed by atoms with Crippen molar-refractivity contribution < 1.29 is 0 Å². The summed E-state index contributed by atoms with van der Waals surface area (Å²) in [6.45, 7) is 0. The lowest BCUT2D eigenvalue weighted by atomic mass is 9.53. The number of hydrogen-bond donors (Lipinski definition) is 0. The third kappa shape index (κ3) is 3.91. The molecule has 4 bridgehead atoms. The largest absolute Gasteiger partial charge is 0.143 e. The van der Waals surface area contributed by atoms with Gasteiger partial charge < -0.3 is 0 Å². The maximum Gasteiger partial charge on any atom is 0.0449 e. The summed E-state index contributed by atoms with van der Waals surface area (Å²) in [4.78, 5) is 8.20. The Kier molecular flexibility index (Phi) is 6.29. The number of benzene rings is 5. The Morgan fingerprint density at radius 3 is 0.796 bits per heavy atom. The van der Waals surface area contributed by atoms with Gasteiger partial charge in [0.1, 0.15) is 0 Å². The molecule has 6 aliphatic rings. The average Bonchev–Trinajstić information content (AvgIpc) is 4.08. The summed E-state index contributed by atoms with van der Waals surface area (Å²) in [5, 5.41) is 4.41. The van der Waals surface area contributed by atoms with Gasteiger partial charge in [0.2, 0.25) is 0 Å². The molecule has 4 heteroatoms. The highest BCUT2D eigenvalue weighted by Gasteiger charge is 2.51. The lowest BCUT2D eigenvalue weighted by Crippen LogP contribution is -2.34. The summed E-state index contributed by atoms with van der Waals surface area (Å²) < 4.78 is 0. The maximum atomic E-state index is 2.45. The fraction of sp³-hybridized carbons (Fsp3) is 0.0800. The molecule has 4 aromatic heterocycles. The van der Waals surface area contributed by atoms with Crippen molar-refractivity contribution in [3.8, 4) is 40.4 Å². The highest BCUT2D eigenvalue weighted by atomic mass is 32.1. The first-order valence-corrected chi connectivity index (χ1v) is 22.1. The van der Waals surface area contributed by atoms with Crippen molar-refractivity contribution >= 4 is 45.3 Å². The van der Waals surface area contributed by atoms with Gasteiger partial charge in [-0.1, -0.05) is 109 Å². The van der Waals surface area contributed by atoms with Crippen molar-refractivity contribution in [2.45, 2.75) is 23.7 Å². The molecule has 5 aromatic carbocycles. The first-order valence-electron chi connectivity index (χ1n) is 18.7. The predicted octanol–water partition coefficient (Wildman–Crippen LogP) is 14.6. The lowest BCUT2D eigenvalue weighted by Gasteiger charge is -2.50. The summed E-state index contributed by atoms with van der Waals surface area (Å²) >= 11 is 7.66. The Hall–Kier alpha value is -5.10. The van der Waals surface area contributed by atoms with Crippen molar-refractivity contribution in [3.05, 3.63) is 223 Å². The van der Waals surface area contributed by atoms with Crippen molar-refractivity contribution in [3.63, 3.8) is 0 Å². The average molecular weight is 759 g/mol. The molecule has 0 saturated carbocycles. The molecule has 0 aliphatic heterocycles. The lowest BCUT2D eigenvalue weighted by molar-refractivity contribution is 0.723. The van der Waals surface area contributed by atoms with Crippen LogP contribution in [0.1, 0.15) is 90.4 Å². The standard InChI is InChI=1S/C50H30S4/c1-2-12-28-27(11-1)41-29-13-3-4-14-30(29)42(28)48-46(40-24-22-38(54-40)36-20-10-26-52-36)50-44-33-17-7-5-15-31(33)43(32-16-6-8-18-34(32)44)49(50)45(47(41)48)39-23-21-37(53-39)35-19-9-25-51-35/h1-26,41-44H. The third-order valence-corrected chi connectivity index (χ3v) is 16.9. The van der Waals surface area contributed by atoms with Gasteiger partial charge in [-0.3, -0.25) is 0 Å². The summed E-state index contributed by atoms with van der Waals surface area (Å²) in [5.74, 6) is 0.635. The second-order valence-electron chi connectivity index (χ2n) is 14.9. The molecule has 9 aromatic rings.